The van der Waals surface area contributed by atoms with E-state index >= 15 is 0 Å². The highest BCUT2D eigenvalue weighted by atomic mass is 16.6. The minimum absolute atomic E-state index is 0.231. The molecule has 2 amide bonds. The molecule has 3 aromatic rings. The van der Waals surface area contributed by atoms with Crippen LogP contribution in [0.15, 0.2) is 71.8 Å². The third kappa shape index (κ3) is 7.42. The lowest BCUT2D eigenvalue weighted by Gasteiger charge is -2.11. The molecule has 186 valence electrons. The monoisotopic (exact) mass is 489 g/mol. The Kier molecular flexibility index (Phi) is 9.16. The molecule has 0 saturated heterocycles. The number of benzene rings is 3. The van der Waals surface area contributed by atoms with Gasteiger partial charge in [-0.3, -0.25) is 9.59 Å². The molecular formula is C27H27N3O6. The third-order valence-electron chi connectivity index (χ3n) is 4.77. The number of rotatable bonds is 9. The molecule has 2 N–H and O–H groups in total. The lowest BCUT2D eigenvalue weighted by atomic mass is 10.2. The molecule has 3 aromatic carbocycles. The third-order valence-corrected chi connectivity index (χ3v) is 4.77. The molecule has 3 rings (SSSR count). The van der Waals surface area contributed by atoms with E-state index in [0.717, 1.165) is 5.56 Å². The summed E-state index contributed by atoms with van der Waals surface area (Å²) < 4.78 is 16.5. The summed E-state index contributed by atoms with van der Waals surface area (Å²) in [6, 6.07) is 18.5. The fourth-order valence-corrected chi connectivity index (χ4v) is 3.01. The van der Waals surface area contributed by atoms with E-state index in [9.17, 15) is 14.4 Å². The van der Waals surface area contributed by atoms with Gasteiger partial charge in [-0.25, -0.2) is 10.2 Å². The molecule has 0 aromatic heterocycles. The van der Waals surface area contributed by atoms with E-state index in [0.29, 0.717) is 41.5 Å². The zero-order chi connectivity index (χ0) is 25.9. The molecular weight excluding hydrogens is 462 g/mol. The second kappa shape index (κ2) is 12.7. The first kappa shape index (κ1) is 26.0. The fraction of sp³-hybridized carbons (Fsp3) is 0.185. The van der Waals surface area contributed by atoms with Crippen LogP contribution in [0.25, 0.3) is 0 Å². The van der Waals surface area contributed by atoms with Crippen LogP contribution in [0.3, 0.4) is 0 Å². The number of hydrogen-bond donors (Lipinski definition) is 2. The van der Waals surface area contributed by atoms with E-state index in [2.05, 4.69) is 15.8 Å². The zero-order valence-corrected chi connectivity index (χ0v) is 20.2. The van der Waals surface area contributed by atoms with E-state index in [1.807, 2.05) is 26.0 Å². The average molecular weight is 490 g/mol. The van der Waals surface area contributed by atoms with Crippen LogP contribution in [-0.2, 0) is 9.59 Å². The summed E-state index contributed by atoms with van der Waals surface area (Å²) in [5.41, 5.74) is 4.63. The van der Waals surface area contributed by atoms with Crippen LogP contribution in [0.2, 0.25) is 0 Å². The van der Waals surface area contributed by atoms with Crippen molar-refractivity contribution in [3.05, 3.63) is 83.4 Å². The topological polar surface area (TPSA) is 115 Å². The van der Waals surface area contributed by atoms with Crippen molar-refractivity contribution in [3.8, 4) is 17.2 Å². The van der Waals surface area contributed by atoms with Gasteiger partial charge in [0, 0.05) is 5.69 Å². The average Bonchev–Trinajstić information content (AvgIpc) is 2.87. The Morgan fingerprint density at radius 1 is 0.833 bits per heavy atom. The minimum atomic E-state index is -0.919. The summed E-state index contributed by atoms with van der Waals surface area (Å²) in [4.78, 5) is 36.6. The molecule has 0 heterocycles. The molecule has 9 heteroatoms. The highest BCUT2D eigenvalue weighted by molar-refractivity contribution is 6.39. The van der Waals surface area contributed by atoms with Crippen LogP contribution in [0.4, 0.5) is 5.69 Å². The van der Waals surface area contributed by atoms with Gasteiger partial charge in [-0.1, -0.05) is 17.7 Å². The van der Waals surface area contributed by atoms with Gasteiger partial charge in [-0.2, -0.15) is 5.10 Å². The van der Waals surface area contributed by atoms with Gasteiger partial charge in [-0.05, 0) is 80.9 Å². The number of nitrogens with one attached hydrogen (secondary N) is 2. The van der Waals surface area contributed by atoms with Gasteiger partial charge in [0.15, 0.2) is 11.5 Å². The zero-order valence-electron chi connectivity index (χ0n) is 20.2. The molecule has 36 heavy (non-hydrogen) atoms. The lowest BCUT2D eigenvalue weighted by molar-refractivity contribution is -0.136. The van der Waals surface area contributed by atoms with Gasteiger partial charge < -0.3 is 19.5 Å². The number of esters is 1. The minimum Gasteiger partial charge on any atom is -0.494 e. The van der Waals surface area contributed by atoms with Crippen molar-refractivity contribution in [3.63, 3.8) is 0 Å². The van der Waals surface area contributed by atoms with Gasteiger partial charge in [0.05, 0.1) is 25.0 Å². The summed E-state index contributed by atoms with van der Waals surface area (Å²) in [7, 11) is 0. The fourth-order valence-electron chi connectivity index (χ4n) is 3.01. The number of aryl methyl sites for hydroxylation is 1. The van der Waals surface area contributed by atoms with Gasteiger partial charge in [0.2, 0.25) is 0 Å². The Labute approximate surface area is 209 Å². The molecule has 9 nitrogen and oxygen atoms in total. The second-order valence-corrected chi connectivity index (χ2v) is 7.51. The van der Waals surface area contributed by atoms with Crippen LogP contribution in [-0.4, -0.2) is 37.2 Å². The summed E-state index contributed by atoms with van der Waals surface area (Å²) in [5.74, 6) is -1.10. The molecule has 0 radical (unpaired) electrons. The van der Waals surface area contributed by atoms with Crippen molar-refractivity contribution in [2.75, 3.05) is 18.5 Å². The second-order valence-electron chi connectivity index (χ2n) is 7.51. The molecule has 0 spiro atoms. The molecule has 0 aliphatic heterocycles. The van der Waals surface area contributed by atoms with Crippen molar-refractivity contribution in [2.24, 2.45) is 5.10 Å². The molecule has 0 aliphatic rings. The van der Waals surface area contributed by atoms with Crippen molar-refractivity contribution >= 4 is 29.7 Å². The number of hydrazone groups is 1. The van der Waals surface area contributed by atoms with E-state index in [4.69, 9.17) is 14.2 Å². The first-order chi connectivity index (χ1) is 17.4. The maximum Gasteiger partial charge on any atom is 0.343 e. The van der Waals surface area contributed by atoms with Gasteiger partial charge in [-0.15, -0.1) is 0 Å². The summed E-state index contributed by atoms with van der Waals surface area (Å²) in [5, 5.41) is 6.31. The van der Waals surface area contributed by atoms with Crippen LogP contribution >= 0.6 is 0 Å². The predicted molar refractivity (Wildman–Crippen MR) is 136 cm³/mol. The van der Waals surface area contributed by atoms with Gasteiger partial charge in [0.1, 0.15) is 5.75 Å². The van der Waals surface area contributed by atoms with Crippen LogP contribution in [0.1, 0.15) is 35.3 Å². The molecule has 0 bridgehead atoms. The molecule has 0 aliphatic carbocycles. The van der Waals surface area contributed by atoms with Crippen LogP contribution < -0.4 is 25.0 Å². The quantitative estimate of drug-likeness (QED) is 0.154. The number of hydrogen-bond acceptors (Lipinski definition) is 7. The number of carbonyl (C=O) groups is 3. The molecule has 0 atom stereocenters. The Hall–Kier alpha value is -4.66. The first-order valence-corrected chi connectivity index (χ1v) is 11.3. The molecule has 0 unspecified atom stereocenters. The van der Waals surface area contributed by atoms with E-state index in [1.165, 1.54) is 6.21 Å². The molecule has 0 fully saturated rings. The number of nitrogens with zero attached hydrogens (tertiary/aromatic N) is 1. The highest BCUT2D eigenvalue weighted by Gasteiger charge is 2.15. The van der Waals surface area contributed by atoms with Gasteiger partial charge in [0.25, 0.3) is 0 Å². The Bertz CT molecular complexity index is 1240. The normalized spacial score (nSPS) is 10.5. The SMILES string of the molecule is CCOc1ccc(C(=O)Oc2ccc(/C=N\NC(=O)C(=O)Nc3ccc(C)cc3)cc2OCC)cc1. The maximum absolute atomic E-state index is 12.6. The Morgan fingerprint density at radius 2 is 1.53 bits per heavy atom. The number of amides is 2. The number of anilines is 1. The summed E-state index contributed by atoms with van der Waals surface area (Å²) >= 11 is 0. The van der Waals surface area contributed by atoms with E-state index in [1.54, 1.807) is 61.5 Å². The number of carbonyl (C=O) groups excluding carboxylic acids is 3. The van der Waals surface area contributed by atoms with E-state index in [-0.39, 0.29) is 5.75 Å². The largest absolute Gasteiger partial charge is 0.494 e. The summed E-state index contributed by atoms with van der Waals surface area (Å²) in [6.45, 7) is 6.46. The van der Waals surface area contributed by atoms with Crippen molar-refractivity contribution in [1.29, 1.82) is 0 Å². The Balaban J connectivity index is 1.62. The smallest absolute Gasteiger partial charge is 0.343 e. The highest BCUT2D eigenvalue weighted by Crippen LogP contribution is 2.29. The summed E-state index contributed by atoms with van der Waals surface area (Å²) in [6.07, 6.45) is 1.34. The Morgan fingerprint density at radius 3 is 2.19 bits per heavy atom. The van der Waals surface area contributed by atoms with Crippen molar-refractivity contribution < 1.29 is 28.6 Å². The first-order valence-electron chi connectivity index (χ1n) is 11.3. The standard InChI is InChI=1S/C27H27N3O6/c1-4-34-22-13-9-20(10-14-22)27(33)36-23-15-8-19(16-24(23)35-5-2)17-28-30-26(32)25(31)29-21-11-6-18(3)7-12-21/h6-17H,4-5H2,1-3H3,(H,29,31)(H,30,32)/b28-17-. The predicted octanol–water partition coefficient (Wildman–Crippen LogP) is 4.10. The van der Waals surface area contributed by atoms with Crippen molar-refractivity contribution in [2.45, 2.75) is 20.8 Å². The lowest BCUT2D eigenvalue weighted by Crippen LogP contribution is -2.32. The maximum atomic E-state index is 12.6. The van der Waals surface area contributed by atoms with Gasteiger partial charge >= 0.3 is 17.8 Å². The van der Waals surface area contributed by atoms with Crippen LogP contribution in [0, 0.1) is 6.92 Å². The van der Waals surface area contributed by atoms with Crippen LogP contribution in [0.5, 0.6) is 17.2 Å². The molecule has 0 saturated carbocycles. The van der Waals surface area contributed by atoms with Crippen molar-refractivity contribution in [1.82, 2.24) is 5.43 Å². The van der Waals surface area contributed by atoms with E-state index < -0.39 is 17.8 Å². The number of ether oxygens (including phenoxy) is 3.